The molecule has 0 aliphatic carbocycles. The maximum atomic E-state index is 12.8. The van der Waals surface area contributed by atoms with Crippen LogP contribution in [0.15, 0.2) is 47.5 Å². The van der Waals surface area contributed by atoms with E-state index in [-0.39, 0.29) is 18.6 Å². The molecule has 0 unspecified atom stereocenters. The van der Waals surface area contributed by atoms with E-state index in [1.807, 2.05) is 53.6 Å². The lowest BCUT2D eigenvalue weighted by atomic mass is 9.89. The second-order valence-electron chi connectivity index (χ2n) is 7.77. The molecule has 3 aliphatic rings. The van der Waals surface area contributed by atoms with Crippen LogP contribution in [0.4, 0.5) is 4.79 Å². The van der Waals surface area contributed by atoms with E-state index in [1.165, 1.54) is 11.3 Å². The molecule has 3 aliphatic heterocycles. The Labute approximate surface area is 173 Å². The second-order valence-corrected chi connectivity index (χ2v) is 8.69. The number of benzene rings is 1. The number of carbonyl (C=O) groups excluding carboxylic acids is 2. The van der Waals surface area contributed by atoms with Crippen LogP contribution in [0.3, 0.4) is 0 Å². The van der Waals surface area contributed by atoms with Gasteiger partial charge in [-0.3, -0.25) is 9.69 Å². The van der Waals surface area contributed by atoms with Crippen LogP contribution >= 0.6 is 11.3 Å². The minimum absolute atomic E-state index is 0.0664. The van der Waals surface area contributed by atoms with Crippen molar-refractivity contribution >= 4 is 29.0 Å². The summed E-state index contributed by atoms with van der Waals surface area (Å²) in [5.41, 5.74) is 2.42. The van der Waals surface area contributed by atoms with Crippen LogP contribution in [0.1, 0.15) is 40.6 Å². The first-order chi connectivity index (χ1) is 14.1. The molecule has 0 atom stereocenters. The predicted octanol–water partition coefficient (Wildman–Crippen LogP) is 4.09. The summed E-state index contributed by atoms with van der Waals surface area (Å²) in [5, 5.41) is 1.95. The molecule has 5 rings (SSSR count). The standard InChI is InChI=1S/C22H22N2O4S/c1-15-18-17-7-12-29-19(17)20(25)24(18)14-22(28-15)8-10-23(11-9-22)21(26)27-13-16-5-3-2-4-6-16/h2-7,12H,8-11,13-14H2,1H3. The highest BCUT2D eigenvalue weighted by Crippen LogP contribution is 2.45. The van der Waals surface area contributed by atoms with Crippen molar-refractivity contribution in [1.82, 2.24) is 9.80 Å². The van der Waals surface area contributed by atoms with Crippen LogP contribution in [-0.4, -0.2) is 47.0 Å². The molecule has 2 amide bonds. The van der Waals surface area contributed by atoms with Gasteiger partial charge in [-0.05, 0) is 23.9 Å². The number of likely N-dealkylation sites (tertiary alicyclic amines) is 1. The molecule has 2 aromatic rings. The average molecular weight is 410 g/mol. The molecule has 4 heterocycles. The average Bonchev–Trinajstić information content (AvgIpc) is 3.30. The molecule has 150 valence electrons. The lowest BCUT2D eigenvalue weighted by molar-refractivity contribution is -0.0658. The maximum absolute atomic E-state index is 12.8. The number of ether oxygens (including phenoxy) is 2. The van der Waals surface area contributed by atoms with Gasteiger partial charge < -0.3 is 14.4 Å². The molecule has 1 aromatic heterocycles. The minimum Gasteiger partial charge on any atom is -0.488 e. The molecule has 6 nitrogen and oxygen atoms in total. The van der Waals surface area contributed by atoms with Gasteiger partial charge in [-0.15, -0.1) is 11.3 Å². The van der Waals surface area contributed by atoms with Gasteiger partial charge in [-0.2, -0.15) is 0 Å². The summed E-state index contributed by atoms with van der Waals surface area (Å²) in [4.78, 5) is 29.7. The molecule has 7 heteroatoms. The Bertz CT molecular complexity index is 989. The number of hydrogen-bond acceptors (Lipinski definition) is 5. The Morgan fingerprint density at radius 3 is 2.72 bits per heavy atom. The summed E-state index contributed by atoms with van der Waals surface area (Å²) in [6, 6.07) is 11.7. The van der Waals surface area contributed by atoms with Crippen molar-refractivity contribution in [2.75, 3.05) is 19.6 Å². The summed E-state index contributed by atoms with van der Waals surface area (Å²) in [5.74, 6) is 0.860. The number of hydrogen-bond donors (Lipinski definition) is 0. The summed E-state index contributed by atoms with van der Waals surface area (Å²) >= 11 is 1.48. The quantitative estimate of drug-likeness (QED) is 0.748. The van der Waals surface area contributed by atoms with Crippen LogP contribution in [0, 0.1) is 0 Å². The van der Waals surface area contributed by atoms with Gasteiger partial charge in [0.1, 0.15) is 22.8 Å². The maximum Gasteiger partial charge on any atom is 0.410 e. The summed E-state index contributed by atoms with van der Waals surface area (Å²) in [7, 11) is 0. The summed E-state index contributed by atoms with van der Waals surface area (Å²) in [6.45, 7) is 3.85. The zero-order chi connectivity index (χ0) is 20.0. The van der Waals surface area contributed by atoms with E-state index < -0.39 is 5.60 Å². The summed E-state index contributed by atoms with van der Waals surface area (Å²) < 4.78 is 11.8. The number of rotatable bonds is 2. The van der Waals surface area contributed by atoms with Crippen molar-refractivity contribution in [3.05, 3.63) is 63.5 Å². The Morgan fingerprint density at radius 2 is 1.97 bits per heavy atom. The van der Waals surface area contributed by atoms with Gasteiger partial charge in [0.2, 0.25) is 0 Å². The Kier molecular flexibility index (Phi) is 4.35. The van der Waals surface area contributed by atoms with Gasteiger partial charge in [-0.1, -0.05) is 30.3 Å². The van der Waals surface area contributed by atoms with Crippen LogP contribution in [0.5, 0.6) is 0 Å². The smallest absolute Gasteiger partial charge is 0.410 e. The second kappa shape index (κ2) is 6.91. The first-order valence-corrected chi connectivity index (χ1v) is 10.7. The number of fused-ring (bicyclic) bond motifs is 3. The molecule has 0 radical (unpaired) electrons. The highest BCUT2D eigenvalue weighted by Gasteiger charge is 2.48. The van der Waals surface area contributed by atoms with Crippen LogP contribution in [0.25, 0.3) is 5.70 Å². The van der Waals surface area contributed by atoms with Gasteiger partial charge in [0.05, 0.1) is 12.2 Å². The third-order valence-electron chi connectivity index (χ3n) is 5.92. The fraction of sp³-hybridized carbons (Fsp3) is 0.364. The topological polar surface area (TPSA) is 59.1 Å². The molecule has 29 heavy (non-hydrogen) atoms. The number of piperidine rings is 1. The largest absolute Gasteiger partial charge is 0.488 e. The number of nitrogens with zero attached hydrogens (tertiary/aromatic N) is 2. The zero-order valence-electron chi connectivity index (χ0n) is 16.2. The van der Waals surface area contributed by atoms with E-state index in [1.54, 1.807) is 4.90 Å². The van der Waals surface area contributed by atoms with E-state index in [4.69, 9.17) is 9.47 Å². The monoisotopic (exact) mass is 410 g/mol. The Hall–Kier alpha value is -2.80. The number of carbonyl (C=O) groups is 2. The van der Waals surface area contributed by atoms with Crippen molar-refractivity contribution in [1.29, 1.82) is 0 Å². The van der Waals surface area contributed by atoms with Crippen molar-refractivity contribution in [3.8, 4) is 0 Å². The lowest BCUT2D eigenvalue weighted by Gasteiger charge is -2.46. The molecule has 1 aromatic carbocycles. The minimum atomic E-state index is -0.437. The summed E-state index contributed by atoms with van der Waals surface area (Å²) in [6.07, 6.45) is 1.05. The SMILES string of the molecule is CC1=C2c3ccsc3C(=O)N2CC2(CCN(C(=O)OCc3ccccc3)CC2)O1. The molecule has 0 bridgehead atoms. The number of thiophene rings is 1. The fourth-order valence-corrected chi connectivity index (χ4v) is 5.27. The Balaban J connectivity index is 1.24. The van der Waals surface area contributed by atoms with E-state index in [2.05, 4.69) is 0 Å². The fourth-order valence-electron chi connectivity index (χ4n) is 4.42. The highest BCUT2D eigenvalue weighted by atomic mass is 32.1. The van der Waals surface area contributed by atoms with E-state index in [9.17, 15) is 9.59 Å². The zero-order valence-corrected chi connectivity index (χ0v) is 17.0. The van der Waals surface area contributed by atoms with E-state index in [0.717, 1.165) is 27.5 Å². The molecular formula is C22H22N2O4S. The first-order valence-electron chi connectivity index (χ1n) is 9.82. The molecule has 1 fully saturated rings. The van der Waals surface area contributed by atoms with Crippen molar-refractivity contribution in [3.63, 3.8) is 0 Å². The van der Waals surface area contributed by atoms with Gasteiger partial charge in [0.15, 0.2) is 0 Å². The van der Waals surface area contributed by atoms with Gasteiger partial charge in [0, 0.05) is 31.5 Å². The van der Waals surface area contributed by atoms with Crippen molar-refractivity contribution < 1.29 is 19.1 Å². The molecule has 1 spiro atoms. The van der Waals surface area contributed by atoms with Crippen molar-refractivity contribution in [2.24, 2.45) is 0 Å². The van der Waals surface area contributed by atoms with E-state index in [0.29, 0.717) is 32.5 Å². The normalized spacial score (nSPS) is 19.8. The molecule has 0 saturated carbocycles. The number of allylic oxidation sites excluding steroid dienone is 1. The van der Waals surface area contributed by atoms with Gasteiger partial charge in [-0.25, -0.2) is 4.79 Å². The van der Waals surface area contributed by atoms with Gasteiger partial charge >= 0.3 is 6.09 Å². The number of amides is 2. The predicted molar refractivity (Wildman–Crippen MR) is 109 cm³/mol. The molecule has 0 N–H and O–H groups in total. The van der Waals surface area contributed by atoms with Gasteiger partial charge in [0.25, 0.3) is 5.91 Å². The highest BCUT2D eigenvalue weighted by molar-refractivity contribution is 7.12. The Morgan fingerprint density at radius 1 is 1.21 bits per heavy atom. The lowest BCUT2D eigenvalue weighted by Crippen LogP contribution is -2.55. The van der Waals surface area contributed by atoms with E-state index >= 15 is 0 Å². The van der Waals surface area contributed by atoms with Crippen LogP contribution < -0.4 is 0 Å². The third-order valence-corrected chi connectivity index (χ3v) is 6.82. The third kappa shape index (κ3) is 3.09. The molecule has 1 saturated heterocycles. The van der Waals surface area contributed by atoms with Crippen LogP contribution in [-0.2, 0) is 16.1 Å². The van der Waals surface area contributed by atoms with Crippen LogP contribution in [0.2, 0.25) is 0 Å². The van der Waals surface area contributed by atoms with Crippen molar-refractivity contribution in [2.45, 2.75) is 32.0 Å². The first kappa shape index (κ1) is 18.2. The molecular weight excluding hydrogens is 388 g/mol.